The number of anilines is 1. The smallest absolute Gasteiger partial charge is 0.252 e. The molecule has 0 aliphatic heterocycles. The molecule has 1 atom stereocenters. The average Bonchev–Trinajstić information content (AvgIpc) is 3.25. The maximum absolute atomic E-state index is 12.1. The van der Waals surface area contributed by atoms with Gasteiger partial charge in [-0.25, -0.2) is 4.52 Å². The Morgan fingerprint density at radius 1 is 1.36 bits per heavy atom. The number of primary amides is 1. The Hall–Kier alpha value is -3.33. The third-order valence-corrected chi connectivity index (χ3v) is 5.80. The van der Waals surface area contributed by atoms with E-state index in [1.54, 1.807) is 10.6 Å². The highest BCUT2D eigenvalue weighted by Gasteiger charge is 2.35. The zero-order valence-corrected chi connectivity index (χ0v) is 16.1. The number of aromatic nitrogens is 2. The predicted molar refractivity (Wildman–Crippen MR) is 109 cm³/mol. The van der Waals surface area contributed by atoms with Gasteiger partial charge in [0.05, 0.1) is 34.6 Å². The molecule has 1 fully saturated rings. The number of nitriles is 1. The Morgan fingerprint density at radius 2 is 2.18 bits per heavy atom. The first-order chi connectivity index (χ1) is 13.4. The molecule has 6 nitrogen and oxygen atoms in total. The highest BCUT2D eigenvalue weighted by Crippen LogP contribution is 2.40. The van der Waals surface area contributed by atoms with Crippen LogP contribution in [-0.4, -0.2) is 21.6 Å². The van der Waals surface area contributed by atoms with Gasteiger partial charge in [-0.2, -0.15) is 10.4 Å². The van der Waals surface area contributed by atoms with Gasteiger partial charge in [-0.3, -0.25) is 4.79 Å². The quantitative estimate of drug-likeness (QED) is 0.723. The van der Waals surface area contributed by atoms with Crippen LogP contribution in [0.25, 0.3) is 16.6 Å². The fraction of sp³-hybridized carbons (Fsp3) is 0.318. The van der Waals surface area contributed by atoms with Gasteiger partial charge < -0.3 is 11.1 Å². The lowest BCUT2D eigenvalue weighted by Gasteiger charge is -2.29. The summed E-state index contributed by atoms with van der Waals surface area (Å²) >= 11 is 0. The van der Waals surface area contributed by atoms with E-state index in [1.165, 1.54) is 6.20 Å². The van der Waals surface area contributed by atoms with Gasteiger partial charge in [0.25, 0.3) is 5.91 Å². The van der Waals surface area contributed by atoms with E-state index in [4.69, 9.17) is 11.0 Å². The Balaban J connectivity index is 1.84. The maximum atomic E-state index is 12.1. The van der Waals surface area contributed by atoms with Crippen LogP contribution in [0.5, 0.6) is 0 Å². The molecule has 0 unspecified atom stereocenters. The van der Waals surface area contributed by atoms with Crippen LogP contribution in [0, 0.1) is 16.7 Å². The first kappa shape index (κ1) is 18.1. The van der Waals surface area contributed by atoms with E-state index in [2.05, 4.69) is 30.3 Å². The van der Waals surface area contributed by atoms with Gasteiger partial charge in [-0.05, 0) is 42.0 Å². The Kier molecular flexibility index (Phi) is 4.31. The van der Waals surface area contributed by atoms with Crippen LogP contribution in [0.4, 0.5) is 5.69 Å². The molecule has 1 aliphatic rings. The summed E-state index contributed by atoms with van der Waals surface area (Å²) < 4.78 is 1.76. The molecule has 0 bridgehead atoms. The number of nitrogens with two attached hydrogens (primary N) is 1. The van der Waals surface area contributed by atoms with Crippen LogP contribution in [0.3, 0.4) is 0 Å². The lowest BCUT2D eigenvalue weighted by molar-refractivity contribution is 0.100. The van der Waals surface area contributed by atoms with Crippen molar-refractivity contribution in [2.45, 2.75) is 39.2 Å². The number of hydrogen-bond acceptors (Lipinski definition) is 4. The van der Waals surface area contributed by atoms with Crippen LogP contribution in [0.2, 0.25) is 0 Å². The van der Waals surface area contributed by atoms with E-state index in [1.807, 2.05) is 30.5 Å². The van der Waals surface area contributed by atoms with Gasteiger partial charge in [0, 0.05) is 17.8 Å². The van der Waals surface area contributed by atoms with Crippen molar-refractivity contribution < 1.29 is 4.79 Å². The molecule has 1 amide bonds. The predicted octanol–water partition coefficient (Wildman–Crippen LogP) is 3.96. The van der Waals surface area contributed by atoms with Crippen molar-refractivity contribution in [1.82, 2.24) is 9.61 Å². The molecule has 4 rings (SSSR count). The number of rotatable bonds is 4. The molecule has 2 aromatic heterocycles. The number of hydrogen-bond donors (Lipinski definition) is 2. The minimum atomic E-state index is -0.498. The topological polar surface area (TPSA) is 96.2 Å². The first-order valence-corrected chi connectivity index (χ1v) is 9.47. The Bertz CT molecular complexity index is 1110. The molecule has 3 aromatic rings. The molecular weight excluding hydrogens is 350 g/mol. The molecule has 6 heteroatoms. The third-order valence-electron chi connectivity index (χ3n) is 5.80. The van der Waals surface area contributed by atoms with Crippen molar-refractivity contribution >= 4 is 17.1 Å². The number of carbonyl (C=O) groups excluding carboxylic acids is 1. The number of amides is 1. The van der Waals surface area contributed by atoms with Gasteiger partial charge in [0.2, 0.25) is 0 Å². The molecule has 0 radical (unpaired) electrons. The molecule has 1 aromatic carbocycles. The number of nitrogens with zero attached hydrogens (tertiary/aromatic N) is 3. The lowest BCUT2D eigenvalue weighted by atomic mass is 9.87. The van der Waals surface area contributed by atoms with Crippen molar-refractivity contribution in [2.75, 3.05) is 5.32 Å². The molecule has 142 valence electrons. The van der Waals surface area contributed by atoms with E-state index in [-0.39, 0.29) is 11.5 Å². The van der Waals surface area contributed by atoms with Crippen LogP contribution >= 0.6 is 0 Å². The van der Waals surface area contributed by atoms with Crippen molar-refractivity contribution in [2.24, 2.45) is 11.1 Å². The fourth-order valence-corrected chi connectivity index (χ4v) is 4.09. The second kappa shape index (κ2) is 6.68. The van der Waals surface area contributed by atoms with Crippen LogP contribution in [0.1, 0.15) is 49.0 Å². The number of carbonyl (C=O) groups is 1. The lowest BCUT2D eigenvalue weighted by Crippen LogP contribution is -2.32. The molecule has 28 heavy (non-hydrogen) atoms. The van der Waals surface area contributed by atoms with E-state index in [0.717, 1.165) is 41.6 Å². The number of benzene rings is 1. The summed E-state index contributed by atoms with van der Waals surface area (Å²) in [5, 5.41) is 17.1. The first-order valence-electron chi connectivity index (χ1n) is 9.47. The maximum Gasteiger partial charge on any atom is 0.252 e. The highest BCUT2D eigenvalue weighted by atomic mass is 16.1. The van der Waals surface area contributed by atoms with Gasteiger partial charge >= 0.3 is 0 Å². The summed E-state index contributed by atoms with van der Waals surface area (Å²) in [6, 6.07) is 11.9. The standard InChI is InChI=1S/C22H23N5O/c1-22(2)8-4-7-19(22)26-20-17(21(24)28)12-25-27-13-16(10-18(20)27)15-6-3-5-14(9-15)11-23/h3,5-6,9-10,12-13,19,26H,4,7-8H2,1-2H3,(H2,24,28)/t19-/m1/s1. The van der Waals surface area contributed by atoms with Crippen molar-refractivity contribution in [3.63, 3.8) is 0 Å². The zero-order valence-electron chi connectivity index (χ0n) is 16.1. The Labute approximate surface area is 164 Å². The molecule has 0 spiro atoms. The van der Waals surface area contributed by atoms with E-state index < -0.39 is 5.91 Å². The van der Waals surface area contributed by atoms with E-state index >= 15 is 0 Å². The van der Waals surface area contributed by atoms with Crippen molar-refractivity contribution in [1.29, 1.82) is 5.26 Å². The normalized spacial score (nSPS) is 18.1. The monoisotopic (exact) mass is 373 g/mol. The van der Waals surface area contributed by atoms with Gasteiger partial charge in [0.1, 0.15) is 0 Å². The zero-order chi connectivity index (χ0) is 19.9. The molecule has 2 heterocycles. The SMILES string of the molecule is CC1(C)CCC[C@H]1Nc1c(C(N)=O)cnn2cc(-c3cccc(C#N)c3)cc12. The summed E-state index contributed by atoms with van der Waals surface area (Å²) in [4.78, 5) is 12.1. The molecule has 1 saturated carbocycles. The largest absolute Gasteiger partial charge is 0.379 e. The average molecular weight is 373 g/mol. The van der Waals surface area contributed by atoms with Crippen molar-refractivity contribution in [3.05, 3.63) is 53.9 Å². The third kappa shape index (κ3) is 3.09. The van der Waals surface area contributed by atoms with Crippen molar-refractivity contribution in [3.8, 4) is 17.2 Å². The number of fused-ring (bicyclic) bond motifs is 1. The molecule has 3 N–H and O–H groups in total. The highest BCUT2D eigenvalue weighted by molar-refractivity contribution is 6.02. The molecular formula is C22H23N5O. The molecule has 0 saturated heterocycles. The number of nitrogens with one attached hydrogen (secondary N) is 1. The summed E-state index contributed by atoms with van der Waals surface area (Å²) in [7, 11) is 0. The molecule has 1 aliphatic carbocycles. The summed E-state index contributed by atoms with van der Waals surface area (Å²) in [6.45, 7) is 4.49. The second-order valence-electron chi connectivity index (χ2n) is 8.13. The fourth-order valence-electron chi connectivity index (χ4n) is 4.09. The summed E-state index contributed by atoms with van der Waals surface area (Å²) in [6.07, 6.45) is 6.78. The Morgan fingerprint density at radius 3 is 2.86 bits per heavy atom. The summed E-state index contributed by atoms with van der Waals surface area (Å²) in [5.41, 5.74) is 10.2. The second-order valence-corrected chi connectivity index (χ2v) is 8.13. The van der Waals surface area contributed by atoms with Crippen LogP contribution in [-0.2, 0) is 0 Å². The van der Waals surface area contributed by atoms with Gasteiger partial charge in [-0.15, -0.1) is 0 Å². The van der Waals surface area contributed by atoms with E-state index in [0.29, 0.717) is 11.1 Å². The minimum absolute atomic E-state index is 0.145. The van der Waals surface area contributed by atoms with E-state index in [9.17, 15) is 4.79 Å². The van der Waals surface area contributed by atoms with Gasteiger partial charge in [0.15, 0.2) is 0 Å². The van der Waals surface area contributed by atoms with Crippen LogP contribution < -0.4 is 11.1 Å². The summed E-state index contributed by atoms with van der Waals surface area (Å²) in [5.74, 6) is -0.498. The van der Waals surface area contributed by atoms with Gasteiger partial charge in [-0.1, -0.05) is 32.4 Å². The van der Waals surface area contributed by atoms with Crippen LogP contribution in [0.15, 0.2) is 42.7 Å². The minimum Gasteiger partial charge on any atom is -0.379 e.